The molecule has 0 aromatic heterocycles. The predicted molar refractivity (Wildman–Crippen MR) is 67.3 cm³/mol. The summed E-state index contributed by atoms with van der Waals surface area (Å²) >= 11 is 0. The van der Waals surface area contributed by atoms with Crippen molar-refractivity contribution in [3.05, 3.63) is 33.9 Å². The van der Waals surface area contributed by atoms with Gasteiger partial charge in [0, 0.05) is 25.2 Å². The maximum Gasteiger partial charge on any atom is 0.275 e. The molecule has 0 bridgehead atoms. The summed E-state index contributed by atoms with van der Waals surface area (Å²) in [5.41, 5.74) is -0.763. The minimum atomic E-state index is -0.895. The van der Waals surface area contributed by atoms with Crippen molar-refractivity contribution in [2.24, 2.45) is 0 Å². The lowest BCUT2D eigenvalue weighted by molar-refractivity contribution is -0.385. The smallest absolute Gasteiger partial charge is 0.275 e. The number of anilines is 1. The van der Waals surface area contributed by atoms with Crippen LogP contribution < -0.4 is 10.2 Å². The third kappa shape index (κ3) is 2.81. The number of hydrogen-bond acceptors (Lipinski definition) is 4. The van der Waals surface area contributed by atoms with Crippen LogP contribution in [0.3, 0.4) is 0 Å². The molecule has 5 nitrogen and oxygen atoms in total. The summed E-state index contributed by atoms with van der Waals surface area (Å²) in [6.45, 7) is 4.75. The zero-order chi connectivity index (χ0) is 14.2. The van der Waals surface area contributed by atoms with Gasteiger partial charge in [-0.1, -0.05) is 0 Å². The highest BCUT2D eigenvalue weighted by molar-refractivity contribution is 5.54. The molecule has 0 aliphatic carbocycles. The molecule has 7 heteroatoms. The molecular weight excluding hydrogens is 256 g/mol. The van der Waals surface area contributed by atoms with E-state index in [9.17, 15) is 18.9 Å². The number of rotatable bonds is 2. The van der Waals surface area contributed by atoms with Crippen LogP contribution in [0, 0.1) is 21.7 Å². The van der Waals surface area contributed by atoms with Crippen molar-refractivity contribution in [2.45, 2.75) is 25.9 Å². The molecule has 2 atom stereocenters. The van der Waals surface area contributed by atoms with Crippen LogP contribution in [0.25, 0.3) is 0 Å². The third-order valence-electron chi connectivity index (χ3n) is 3.09. The predicted octanol–water partition coefficient (Wildman–Crippen LogP) is 2.06. The summed E-state index contributed by atoms with van der Waals surface area (Å²) in [5, 5.41) is 13.8. The molecule has 1 aromatic carbocycles. The number of piperazine rings is 1. The summed E-state index contributed by atoms with van der Waals surface area (Å²) in [6, 6.07) is 1.71. The molecule has 19 heavy (non-hydrogen) atoms. The Morgan fingerprint density at radius 3 is 2.16 bits per heavy atom. The van der Waals surface area contributed by atoms with E-state index >= 15 is 0 Å². The van der Waals surface area contributed by atoms with E-state index < -0.39 is 22.2 Å². The summed E-state index contributed by atoms with van der Waals surface area (Å²) in [7, 11) is 0. The number of nitrogens with zero attached hydrogens (tertiary/aromatic N) is 2. The van der Waals surface area contributed by atoms with Crippen LogP contribution in [-0.4, -0.2) is 30.1 Å². The monoisotopic (exact) mass is 271 g/mol. The molecule has 2 rings (SSSR count). The van der Waals surface area contributed by atoms with E-state index in [4.69, 9.17) is 0 Å². The minimum absolute atomic E-state index is 0.0951. The first kappa shape index (κ1) is 13.7. The first-order valence-corrected chi connectivity index (χ1v) is 6.03. The number of halogens is 2. The van der Waals surface area contributed by atoms with E-state index in [1.165, 1.54) is 0 Å². The molecule has 1 fully saturated rings. The Hall–Kier alpha value is -1.76. The van der Waals surface area contributed by atoms with E-state index in [0.29, 0.717) is 13.1 Å². The molecule has 1 saturated heterocycles. The van der Waals surface area contributed by atoms with Crippen LogP contribution in [0.5, 0.6) is 0 Å². The molecule has 0 spiro atoms. The van der Waals surface area contributed by atoms with Gasteiger partial charge < -0.3 is 10.2 Å². The van der Waals surface area contributed by atoms with Gasteiger partial charge in [0.25, 0.3) is 5.69 Å². The van der Waals surface area contributed by atoms with Gasteiger partial charge in [0.15, 0.2) is 11.6 Å². The highest BCUT2D eigenvalue weighted by Gasteiger charge is 2.27. The van der Waals surface area contributed by atoms with Crippen LogP contribution >= 0.6 is 0 Å². The van der Waals surface area contributed by atoms with Crippen molar-refractivity contribution < 1.29 is 13.7 Å². The first-order valence-electron chi connectivity index (χ1n) is 6.03. The lowest BCUT2D eigenvalue weighted by Crippen LogP contribution is -2.54. The second kappa shape index (κ2) is 5.08. The highest BCUT2D eigenvalue weighted by atomic mass is 19.1. The van der Waals surface area contributed by atoms with Crippen molar-refractivity contribution in [1.82, 2.24) is 5.32 Å². The highest BCUT2D eigenvalue weighted by Crippen LogP contribution is 2.29. The quantitative estimate of drug-likeness (QED) is 0.660. The fourth-order valence-electron chi connectivity index (χ4n) is 2.47. The van der Waals surface area contributed by atoms with E-state index in [0.717, 1.165) is 12.1 Å². The normalized spacial score (nSPS) is 23.5. The lowest BCUT2D eigenvalue weighted by Gasteiger charge is -2.37. The van der Waals surface area contributed by atoms with Gasteiger partial charge in [-0.2, -0.15) is 0 Å². The van der Waals surface area contributed by atoms with E-state index in [1.807, 2.05) is 13.8 Å². The fraction of sp³-hybridized carbons (Fsp3) is 0.500. The van der Waals surface area contributed by atoms with Crippen LogP contribution in [0.1, 0.15) is 13.8 Å². The van der Waals surface area contributed by atoms with E-state index in [2.05, 4.69) is 5.32 Å². The largest absolute Gasteiger partial charge is 0.364 e. The topological polar surface area (TPSA) is 58.4 Å². The lowest BCUT2D eigenvalue weighted by atomic mass is 10.1. The third-order valence-corrected chi connectivity index (χ3v) is 3.09. The minimum Gasteiger partial charge on any atom is -0.364 e. The molecule has 2 unspecified atom stereocenters. The summed E-state index contributed by atoms with van der Waals surface area (Å²) in [5.74, 6) is -1.79. The zero-order valence-electron chi connectivity index (χ0n) is 10.7. The van der Waals surface area contributed by atoms with Gasteiger partial charge in [-0.15, -0.1) is 0 Å². The van der Waals surface area contributed by atoms with Crippen LogP contribution in [0.4, 0.5) is 20.2 Å². The van der Waals surface area contributed by atoms with Crippen molar-refractivity contribution in [3.63, 3.8) is 0 Å². The van der Waals surface area contributed by atoms with Gasteiger partial charge in [0.05, 0.1) is 17.1 Å². The molecule has 1 aromatic rings. The fourth-order valence-corrected chi connectivity index (χ4v) is 2.47. The van der Waals surface area contributed by atoms with Crippen LogP contribution in [-0.2, 0) is 0 Å². The molecule has 1 aliphatic heterocycles. The second-order valence-corrected chi connectivity index (χ2v) is 4.89. The number of nitro benzene ring substituents is 1. The Labute approximate surface area is 109 Å². The average Bonchev–Trinajstić information content (AvgIpc) is 2.26. The van der Waals surface area contributed by atoms with Crippen molar-refractivity contribution in [3.8, 4) is 0 Å². The molecule has 1 heterocycles. The van der Waals surface area contributed by atoms with Crippen molar-refractivity contribution in [1.29, 1.82) is 0 Å². The first-order chi connectivity index (χ1) is 8.88. The average molecular weight is 271 g/mol. The van der Waals surface area contributed by atoms with Gasteiger partial charge in [-0.05, 0) is 13.8 Å². The summed E-state index contributed by atoms with van der Waals surface area (Å²) in [4.78, 5) is 11.3. The number of hydrogen-bond donors (Lipinski definition) is 1. The van der Waals surface area contributed by atoms with Crippen LogP contribution in [0.15, 0.2) is 12.1 Å². The Morgan fingerprint density at radius 2 is 1.74 bits per heavy atom. The Kier molecular flexibility index (Phi) is 3.66. The standard InChI is InChI=1S/C12H15F2N3O2/c1-7-5-16(6-8(2)15-7)12-10(13)3-9(17(18)19)4-11(12)14/h3-4,7-8,15H,5-6H2,1-2H3. The molecule has 1 N–H and O–H groups in total. The Bertz CT molecular complexity index is 477. The molecule has 1 aliphatic rings. The Morgan fingerprint density at radius 1 is 1.26 bits per heavy atom. The second-order valence-electron chi connectivity index (χ2n) is 4.89. The van der Waals surface area contributed by atoms with Gasteiger partial charge in [-0.3, -0.25) is 10.1 Å². The molecule has 0 radical (unpaired) electrons. The SMILES string of the molecule is CC1CN(c2c(F)cc([N+](=O)[O-])cc2F)CC(C)N1. The number of nitrogens with one attached hydrogen (secondary N) is 1. The maximum absolute atomic E-state index is 13.9. The van der Waals surface area contributed by atoms with Gasteiger partial charge in [0.2, 0.25) is 0 Å². The zero-order valence-corrected chi connectivity index (χ0v) is 10.7. The van der Waals surface area contributed by atoms with E-state index in [1.54, 1.807) is 4.90 Å². The van der Waals surface area contributed by atoms with Gasteiger partial charge in [0.1, 0.15) is 5.69 Å². The number of benzene rings is 1. The van der Waals surface area contributed by atoms with Crippen molar-refractivity contribution in [2.75, 3.05) is 18.0 Å². The van der Waals surface area contributed by atoms with Crippen LogP contribution in [0.2, 0.25) is 0 Å². The van der Waals surface area contributed by atoms with E-state index in [-0.39, 0.29) is 17.8 Å². The van der Waals surface area contributed by atoms with Gasteiger partial charge in [-0.25, -0.2) is 8.78 Å². The molecular formula is C12H15F2N3O2. The number of non-ortho nitro benzene ring substituents is 1. The number of nitro groups is 1. The van der Waals surface area contributed by atoms with Gasteiger partial charge >= 0.3 is 0 Å². The summed E-state index contributed by atoms with van der Waals surface area (Å²) in [6.07, 6.45) is 0. The molecule has 0 saturated carbocycles. The Balaban J connectivity index is 2.37. The maximum atomic E-state index is 13.9. The summed E-state index contributed by atoms with van der Waals surface area (Å²) < 4.78 is 27.8. The molecule has 0 amide bonds. The molecule has 104 valence electrons. The van der Waals surface area contributed by atoms with Crippen molar-refractivity contribution >= 4 is 11.4 Å².